The number of hydrogen-bond donors (Lipinski definition) is 2. The molecule has 1 amide bonds. The maximum absolute atomic E-state index is 11.3. The number of nitrogens with one attached hydrogen (secondary N) is 2. The Morgan fingerprint density at radius 3 is 2.84 bits per heavy atom. The molecule has 0 unspecified atom stereocenters. The average molecular weight is 287 g/mol. The molecule has 0 heterocycles. The number of unbranched alkanes of at least 4 members (excludes halogenated alkanes) is 1. The van der Waals surface area contributed by atoms with E-state index < -0.39 is 0 Å². The van der Waals surface area contributed by atoms with Gasteiger partial charge in [-0.1, -0.05) is 25.5 Å². The summed E-state index contributed by atoms with van der Waals surface area (Å²) in [6, 6.07) is 7.83. The molecule has 0 spiro atoms. The molecule has 1 rings (SSSR count). The van der Waals surface area contributed by atoms with E-state index in [4.69, 9.17) is 4.74 Å². The summed E-state index contributed by atoms with van der Waals surface area (Å²) in [5.74, 6) is 0.860. The van der Waals surface area contributed by atoms with Crippen molar-refractivity contribution in [2.24, 2.45) is 0 Å². The molecular formula is C14H23ClN2O2. The number of hydrogen-bond acceptors (Lipinski definition) is 3. The molecule has 19 heavy (non-hydrogen) atoms. The van der Waals surface area contributed by atoms with Crippen LogP contribution in [-0.4, -0.2) is 26.1 Å². The minimum atomic E-state index is -0.00481. The van der Waals surface area contributed by atoms with Crippen molar-refractivity contribution in [2.75, 3.05) is 20.2 Å². The third-order valence-corrected chi connectivity index (χ3v) is 2.49. The number of carbonyl (C=O) groups is 1. The standard InChI is InChI=1S/C14H22N2O2.ClH/c1-3-4-8-18-13-7-5-6-12(9-13)10-16-14(17)11-15-2;/h5-7,9,15H,3-4,8,10-11H2,1-2H3,(H,16,17);1H. The predicted molar refractivity (Wildman–Crippen MR) is 79.9 cm³/mol. The Bertz CT molecular complexity index is 372. The Labute approximate surface area is 121 Å². The van der Waals surface area contributed by atoms with Crippen LogP contribution in [0.3, 0.4) is 0 Å². The molecule has 0 aliphatic carbocycles. The summed E-state index contributed by atoms with van der Waals surface area (Å²) < 4.78 is 5.62. The quantitative estimate of drug-likeness (QED) is 0.720. The molecule has 2 N–H and O–H groups in total. The lowest BCUT2D eigenvalue weighted by Crippen LogP contribution is -2.31. The predicted octanol–water partition coefficient (Wildman–Crippen LogP) is 2.12. The molecule has 0 aromatic heterocycles. The summed E-state index contributed by atoms with van der Waals surface area (Å²) in [7, 11) is 1.75. The van der Waals surface area contributed by atoms with E-state index in [0.29, 0.717) is 13.1 Å². The summed E-state index contributed by atoms with van der Waals surface area (Å²) in [5.41, 5.74) is 1.05. The molecule has 0 saturated heterocycles. The third kappa shape index (κ3) is 7.70. The van der Waals surface area contributed by atoms with Gasteiger partial charge in [0, 0.05) is 6.54 Å². The molecular weight excluding hydrogens is 264 g/mol. The molecule has 0 aliphatic rings. The number of carbonyl (C=O) groups excluding carboxylic acids is 1. The van der Waals surface area contributed by atoms with Crippen LogP contribution in [0.4, 0.5) is 0 Å². The zero-order chi connectivity index (χ0) is 13.2. The van der Waals surface area contributed by atoms with Gasteiger partial charge in [-0.15, -0.1) is 12.4 Å². The van der Waals surface area contributed by atoms with Crippen LogP contribution in [0.25, 0.3) is 0 Å². The fraction of sp³-hybridized carbons (Fsp3) is 0.500. The number of rotatable bonds is 8. The van der Waals surface area contributed by atoms with Crippen LogP contribution in [0.2, 0.25) is 0 Å². The second-order valence-corrected chi connectivity index (χ2v) is 4.16. The first-order chi connectivity index (χ1) is 8.76. The van der Waals surface area contributed by atoms with Gasteiger partial charge in [0.15, 0.2) is 0 Å². The molecule has 0 atom stereocenters. The molecule has 0 radical (unpaired) electrons. The Balaban J connectivity index is 0.00000324. The van der Waals surface area contributed by atoms with E-state index in [9.17, 15) is 4.79 Å². The highest BCUT2D eigenvalue weighted by atomic mass is 35.5. The van der Waals surface area contributed by atoms with Gasteiger partial charge in [0.1, 0.15) is 5.75 Å². The number of benzene rings is 1. The van der Waals surface area contributed by atoms with Gasteiger partial charge in [-0.25, -0.2) is 0 Å². The third-order valence-electron chi connectivity index (χ3n) is 2.49. The van der Waals surface area contributed by atoms with Crippen molar-refractivity contribution in [3.8, 4) is 5.75 Å². The largest absolute Gasteiger partial charge is 0.494 e. The van der Waals surface area contributed by atoms with E-state index in [1.807, 2.05) is 24.3 Å². The number of halogens is 1. The second-order valence-electron chi connectivity index (χ2n) is 4.16. The monoisotopic (exact) mass is 286 g/mol. The van der Waals surface area contributed by atoms with E-state index in [2.05, 4.69) is 17.6 Å². The van der Waals surface area contributed by atoms with Crippen molar-refractivity contribution in [3.05, 3.63) is 29.8 Å². The molecule has 1 aromatic rings. The molecule has 1 aromatic carbocycles. The number of amides is 1. The van der Waals surface area contributed by atoms with E-state index in [1.54, 1.807) is 7.05 Å². The summed E-state index contributed by atoms with van der Waals surface area (Å²) in [6.45, 7) is 3.75. The lowest BCUT2D eigenvalue weighted by molar-refractivity contribution is -0.120. The van der Waals surface area contributed by atoms with Crippen molar-refractivity contribution < 1.29 is 9.53 Å². The van der Waals surface area contributed by atoms with Crippen molar-refractivity contribution >= 4 is 18.3 Å². The number of likely N-dealkylation sites (N-methyl/N-ethyl adjacent to an activating group) is 1. The topological polar surface area (TPSA) is 50.4 Å². The molecule has 0 bridgehead atoms. The average Bonchev–Trinajstić information content (AvgIpc) is 2.38. The van der Waals surface area contributed by atoms with Crippen LogP contribution in [0.5, 0.6) is 5.75 Å². The smallest absolute Gasteiger partial charge is 0.234 e. The lowest BCUT2D eigenvalue weighted by atomic mass is 10.2. The van der Waals surface area contributed by atoms with E-state index >= 15 is 0 Å². The summed E-state index contributed by atoms with van der Waals surface area (Å²) in [5, 5.41) is 5.65. The maximum Gasteiger partial charge on any atom is 0.234 e. The van der Waals surface area contributed by atoms with Crippen molar-refractivity contribution in [2.45, 2.75) is 26.3 Å². The van der Waals surface area contributed by atoms with Crippen LogP contribution in [-0.2, 0) is 11.3 Å². The molecule has 4 nitrogen and oxygen atoms in total. The molecule has 5 heteroatoms. The maximum atomic E-state index is 11.3. The Morgan fingerprint density at radius 1 is 1.37 bits per heavy atom. The molecule has 0 aliphatic heterocycles. The van der Waals surface area contributed by atoms with Gasteiger partial charge in [-0.3, -0.25) is 4.79 Å². The van der Waals surface area contributed by atoms with Crippen molar-refractivity contribution in [1.29, 1.82) is 0 Å². The van der Waals surface area contributed by atoms with Gasteiger partial charge < -0.3 is 15.4 Å². The van der Waals surface area contributed by atoms with Crippen molar-refractivity contribution in [3.63, 3.8) is 0 Å². The fourth-order valence-electron chi connectivity index (χ4n) is 1.50. The Kier molecular flexibility index (Phi) is 9.94. The van der Waals surface area contributed by atoms with Crippen LogP contribution in [0, 0.1) is 0 Å². The van der Waals surface area contributed by atoms with Gasteiger partial charge >= 0.3 is 0 Å². The first-order valence-electron chi connectivity index (χ1n) is 6.39. The first kappa shape index (κ1) is 17.7. The van der Waals surface area contributed by atoms with Crippen LogP contribution >= 0.6 is 12.4 Å². The zero-order valence-corrected chi connectivity index (χ0v) is 12.4. The number of ether oxygens (including phenoxy) is 1. The molecule has 0 saturated carbocycles. The highest BCUT2D eigenvalue weighted by Crippen LogP contribution is 2.13. The highest BCUT2D eigenvalue weighted by Gasteiger charge is 2.00. The van der Waals surface area contributed by atoms with Crippen LogP contribution in [0.15, 0.2) is 24.3 Å². The Hall–Kier alpha value is -1.26. The normalized spacial score (nSPS) is 9.58. The fourth-order valence-corrected chi connectivity index (χ4v) is 1.50. The van der Waals surface area contributed by atoms with Crippen LogP contribution in [0.1, 0.15) is 25.3 Å². The van der Waals surface area contributed by atoms with E-state index in [-0.39, 0.29) is 18.3 Å². The molecule has 108 valence electrons. The molecule has 0 fully saturated rings. The van der Waals surface area contributed by atoms with E-state index in [0.717, 1.165) is 30.8 Å². The second kappa shape index (κ2) is 10.6. The Morgan fingerprint density at radius 2 is 2.16 bits per heavy atom. The lowest BCUT2D eigenvalue weighted by Gasteiger charge is -2.08. The minimum Gasteiger partial charge on any atom is -0.494 e. The van der Waals surface area contributed by atoms with Gasteiger partial charge in [-0.2, -0.15) is 0 Å². The van der Waals surface area contributed by atoms with Crippen LogP contribution < -0.4 is 15.4 Å². The minimum absolute atomic E-state index is 0. The summed E-state index contributed by atoms with van der Waals surface area (Å²) >= 11 is 0. The van der Waals surface area contributed by atoms with Gasteiger partial charge in [0.25, 0.3) is 0 Å². The van der Waals surface area contributed by atoms with Gasteiger partial charge in [0.2, 0.25) is 5.91 Å². The summed E-state index contributed by atoms with van der Waals surface area (Å²) in [6.07, 6.45) is 2.18. The highest BCUT2D eigenvalue weighted by molar-refractivity contribution is 5.85. The van der Waals surface area contributed by atoms with E-state index in [1.165, 1.54) is 0 Å². The van der Waals surface area contributed by atoms with Gasteiger partial charge in [0.05, 0.1) is 13.2 Å². The van der Waals surface area contributed by atoms with Crippen molar-refractivity contribution in [1.82, 2.24) is 10.6 Å². The van der Waals surface area contributed by atoms with Gasteiger partial charge in [-0.05, 0) is 31.2 Å². The zero-order valence-electron chi connectivity index (χ0n) is 11.6. The summed E-state index contributed by atoms with van der Waals surface area (Å²) in [4.78, 5) is 11.3. The SMILES string of the molecule is CCCCOc1cccc(CNC(=O)CNC)c1.Cl. The first-order valence-corrected chi connectivity index (χ1v) is 6.39.